The molecule has 2 saturated heterocycles. The van der Waals surface area contributed by atoms with Crippen LogP contribution < -0.4 is 35.3 Å². The summed E-state index contributed by atoms with van der Waals surface area (Å²) in [7, 11) is -4.90. The molecule has 1 aromatic rings. The van der Waals surface area contributed by atoms with E-state index in [9.17, 15) is 27.4 Å². The van der Waals surface area contributed by atoms with E-state index in [2.05, 4.69) is 4.98 Å². The molecule has 2 aliphatic heterocycles. The summed E-state index contributed by atoms with van der Waals surface area (Å²) in [5, 5.41) is 1.44. The molecule has 0 saturated carbocycles. The summed E-state index contributed by atoms with van der Waals surface area (Å²) in [4.78, 5) is 40.6. The number of ketones is 1. The second-order valence-electron chi connectivity index (χ2n) is 4.79. The first-order valence-corrected chi connectivity index (χ1v) is 8.31. The molecule has 0 aliphatic carbocycles. The maximum Gasteiger partial charge on any atom is 1.00 e. The Morgan fingerprint density at radius 2 is 2.09 bits per heavy atom. The standard InChI is InChI=1S/C10H10N4O6S2.Na/c11-10-12-4(3-21-10)7(15)9(17)13-2-1-5-6(13)8(16)14(5)22(18,19)20;/h3,5-6H,1-2H2,(H2,11,12)(H,18,19,20);/q;+1/p-1/t5-,6+;/m1./s1. The molecule has 0 bridgehead atoms. The maximum absolute atomic E-state index is 12.1. The van der Waals surface area contributed by atoms with Crippen LogP contribution in [0.25, 0.3) is 0 Å². The van der Waals surface area contributed by atoms with Crippen LogP contribution in [0.15, 0.2) is 5.38 Å². The van der Waals surface area contributed by atoms with Crippen LogP contribution in [0.3, 0.4) is 0 Å². The predicted molar refractivity (Wildman–Crippen MR) is 71.3 cm³/mol. The van der Waals surface area contributed by atoms with Crippen LogP contribution in [0.1, 0.15) is 16.9 Å². The number of carbonyl (C=O) groups is 3. The van der Waals surface area contributed by atoms with Crippen molar-refractivity contribution in [1.82, 2.24) is 14.2 Å². The van der Waals surface area contributed by atoms with Gasteiger partial charge in [0.05, 0.1) is 6.04 Å². The summed E-state index contributed by atoms with van der Waals surface area (Å²) >= 11 is 0.992. The minimum absolute atomic E-state index is 0. The zero-order valence-electron chi connectivity index (χ0n) is 11.8. The summed E-state index contributed by atoms with van der Waals surface area (Å²) in [6.07, 6.45) is 0.121. The van der Waals surface area contributed by atoms with Crippen LogP contribution in [0, 0.1) is 0 Å². The number of likely N-dealkylation sites (tertiary alicyclic amines) is 1. The molecule has 23 heavy (non-hydrogen) atoms. The summed E-state index contributed by atoms with van der Waals surface area (Å²) in [5.74, 6) is -2.88. The second-order valence-corrected chi connectivity index (χ2v) is 6.93. The van der Waals surface area contributed by atoms with Crippen molar-refractivity contribution < 1.29 is 56.9 Å². The van der Waals surface area contributed by atoms with Crippen LogP contribution >= 0.6 is 11.3 Å². The minimum Gasteiger partial charge on any atom is -0.731 e. The Labute approximate surface area is 156 Å². The number of β-lactam (4-membered cyclic amide) rings is 1. The van der Waals surface area contributed by atoms with Gasteiger partial charge in [-0.05, 0) is 6.42 Å². The average Bonchev–Trinajstić information content (AvgIpc) is 2.99. The van der Waals surface area contributed by atoms with E-state index in [1.54, 1.807) is 0 Å². The van der Waals surface area contributed by atoms with Crippen LogP contribution in [-0.2, 0) is 19.9 Å². The number of aromatic nitrogens is 1. The number of thiazole rings is 1. The van der Waals surface area contributed by atoms with Crippen molar-refractivity contribution in [3.63, 3.8) is 0 Å². The van der Waals surface area contributed by atoms with Gasteiger partial charge in [-0.25, -0.2) is 17.7 Å². The van der Waals surface area contributed by atoms with E-state index in [4.69, 9.17) is 5.73 Å². The Balaban J connectivity index is 0.00000192. The normalized spacial score (nSPS) is 23.1. The number of amides is 2. The number of nitrogen functional groups attached to an aromatic ring is 1. The smallest absolute Gasteiger partial charge is 0.731 e. The molecule has 10 nitrogen and oxygen atoms in total. The SMILES string of the molecule is Nc1nc(C(=O)C(=O)N2CC[C@@H]3[C@H]2C(=O)N3S(=O)(=O)[O-])cs1.[Na+]. The molecule has 0 unspecified atom stereocenters. The summed E-state index contributed by atoms with van der Waals surface area (Å²) < 4.78 is 33.1. The number of Topliss-reactive ketones (excluding diaryl/α,β-unsaturated/α-hetero) is 1. The summed E-state index contributed by atoms with van der Waals surface area (Å²) in [5.41, 5.74) is 5.26. The van der Waals surface area contributed by atoms with Crippen LogP contribution in [0.2, 0.25) is 0 Å². The van der Waals surface area contributed by atoms with Gasteiger partial charge in [-0.1, -0.05) is 0 Å². The third kappa shape index (κ3) is 2.90. The van der Waals surface area contributed by atoms with Crippen molar-refractivity contribution in [1.29, 1.82) is 0 Å². The second kappa shape index (κ2) is 6.11. The number of carbonyl (C=O) groups excluding carboxylic acids is 3. The molecular weight excluding hydrogens is 359 g/mol. The number of anilines is 1. The molecular formula is C10H9N4NaO6S2. The molecule has 2 aliphatic rings. The van der Waals surface area contributed by atoms with E-state index in [0.717, 1.165) is 16.2 Å². The number of hydrogen-bond acceptors (Lipinski definition) is 9. The molecule has 118 valence electrons. The largest absolute Gasteiger partial charge is 1.00 e. The number of nitrogens with zero attached hydrogens (tertiary/aromatic N) is 3. The monoisotopic (exact) mass is 368 g/mol. The molecule has 13 heteroatoms. The topological polar surface area (TPSA) is 154 Å². The number of fused-ring (bicyclic) bond motifs is 1. The minimum atomic E-state index is -4.90. The number of hydrogen-bond donors (Lipinski definition) is 1. The Bertz CT molecular complexity index is 793. The van der Waals surface area contributed by atoms with Crippen molar-refractivity contribution in [2.45, 2.75) is 18.5 Å². The van der Waals surface area contributed by atoms with Gasteiger partial charge in [0, 0.05) is 11.9 Å². The van der Waals surface area contributed by atoms with E-state index in [0.29, 0.717) is 0 Å². The first-order chi connectivity index (χ1) is 10.2. The predicted octanol–water partition coefficient (Wildman–Crippen LogP) is -4.82. The third-order valence-electron chi connectivity index (χ3n) is 3.59. The van der Waals surface area contributed by atoms with Crippen molar-refractivity contribution >= 4 is 44.4 Å². The van der Waals surface area contributed by atoms with E-state index < -0.39 is 40.0 Å². The van der Waals surface area contributed by atoms with Crippen molar-refractivity contribution in [2.24, 2.45) is 0 Å². The molecule has 3 heterocycles. The fourth-order valence-electron chi connectivity index (χ4n) is 2.67. The number of rotatable bonds is 3. The van der Waals surface area contributed by atoms with E-state index in [1.165, 1.54) is 5.38 Å². The number of nitrogens with two attached hydrogens (primary N) is 1. The van der Waals surface area contributed by atoms with Gasteiger partial charge >= 0.3 is 29.6 Å². The van der Waals surface area contributed by atoms with E-state index >= 15 is 0 Å². The molecule has 1 aromatic heterocycles. The van der Waals surface area contributed by atoms with Crippen molar-refractivity contribution in [3.05, 3.63) is 11.1 Å². The van der Waals surface area contributed by atoms with Crippen molar-refractivity contribution in [2.75, 3.05) is 12.3 Å². The molecule has 2 amide bonds. The molecule has 2 N–H and O–H groups in total. The fraction of sp³-hybridized carbons (Fsp3) is 0.400. The Kier molecular flexibility index (Phi) is 4.86. The molecule has 2 fully saturated rings. The Hall–Kier alpha value is -1.05. The third-order valence-corrected chi connectivity index (χ3v) is 5.19. The molecule has 0 spiro atoms. The van der Waals surface area contributed by atoms with E-state index in [-0.39, 0.29) is 57.7 Å². The zero-order valence-corrected chi connectivity index (χ0v) is 15.5. The van der Waals surface area contributed by atoms with Gasteiger partial charge in [0.1, 0.15) is 11.7 Å². The van der Waals surface area contributed by atoms with E-state index in [1.807, 2.05) is 0 Å². The Morgan fingerprint density at radius 1 is 1.43 bits per heavy atom. The van der Waals surface area contributed by atoms with Gasteiger partial charge in [0.15, 0.2) is 15.4 Å². The van der Waals surface area contributed by atoms with Gasteiger partial charge < -0.3 is 15.2 Å². The molecule has 0 radical (unpaired) electrons. The molecule has 3 rings (SSSR count). The molecule has 2 atom stereocenters. The van der Waals surface area contributed by atoms with Crippen LogP contribution in [0.4, 0.5) is 5.13 Å². The summed E-state index contributed by atoms with van der Waals surface area (Å²) in [6, 6.07) is -1.98. The molecule has 0 aromatic carbocycles. The van der Waals surface area contributed by atoms with Crippen LogP contribution in [-0.4, -0.2) is 63.4 Å². The first-order valence-electron chi connectivity index (χ1n) is 6.07. The summed E-state index contributed by atoms with van der Waals surface area (Å²) in [6.45, 7) is 0.0112. The van der Waals surface area contributed by atoms with Gasteiger partial charge in [0.25, 0.3) is 17.6 Å². The van der Waals surface area contributed by atoms with Crippen LogP contribution in [0.5, 0.6) is 0 Å². The fourth-order valence-corrected chi connectivity index (χ4v) is 4.09. The van der Waals surface area contributed by atoms with Crippen molar-refractivity contribution in [3.8, 4) is 0 Å². The first kappa shape index (κ1) is 18.3. The van der Waals surface area contributed by atoms with Gasteiger partial charge in [-0.2, -0.15) is 0 Å². The van der Waals surface area contributed by atoms with Gasteiger partial charge in [-0.15, -0.1) is 11.3 Å². The average molecular weight is 368 g/mol. The quantitative estimate of drug-likeness (QED) is 0.183. The van der Waals surface area contributed by atoms with Gasteiger partial charge in [-0.3, -0.25) is 14.4 Å². The van der Waals surface area contributed by atoms with Gasteiger partial charge in [0.2, 0.25) is 0 Å². The maximum atomic E-state index is 12.1. The zero-order chi connectivity index (χ0) is 16.2. The Morgan fingerprint density at radius 3 is 2.61 bits per heavy atom.